The van der Waals surface area contributed by atoms with E-state index < -0.39 is 10.0 Å². The molecule has 1 amide bonds. The molecule has 4 rings (SSSR count). The minimum Gasteiger partial charge on any atom is -0.489 e. The molecule has 0 saturated carbocycles. The smallest absolute Gasteiger partial charge is 0.243 e. The van der Waals surface area contributed by atoms with Crippen molar-refractivity contribution in [3.63, 3.8) is 0 Å². The van der Waals surface area contributed by atoms with Crippen molar-refractivity contribution < 1.29 is 27.2 Å². The van der Waals surface area contributed by atoms with E-state index in [0.29, 0.717) is 44.3 Å². The summed E-state index contributed by atoms with van der Waals surface area (Å²) >= 11 is 0. The topological polar surface area (TPSA) is 111 Å². The van der Waals surface area contributed by atoms with Gasteiger partial charge in [0.25, 0.3) is 0 Å². The van der Waals surface area contributed by atoms with E-state index in [1.165, 1.54) is 16.4 Å². The average Bonchev–Trinajstić information content (AvgIpc) is 3.16. The Morgan fingerprint density at radius 3 is 2.53 bits per heavy atom. The first-order valence-electron chi connectivity index (χ1n) is 10.9. The van der Waals surface area contributed by atoms with Gasteiger partial charge in [0, 0.05) is 18.8 Å². The van der Waals surface area contributed by atoms with Gasteiger partial charge in [0.2, 0.25) is 15.9 Å². The van der Waals surface area contributed by atoms with Gasteiger partial charge in [0.05, 0.1) is 35.8 Å². The van der Waals surface area contributed by atoms with E-state index in [0.717, 1.165) is 22.6 Å². The maximum atomic E-state index is 12.9. The Bertz CT molecular complexity index is 1230. The summed E-state index contributed by atoms with van der Waals surface area (Å²) in [6.07, 6.45) is 0.143. The molecule has 9 nitrogen and oxygen atoms in total. The molecule has 180 valence electrons. The number of nitrogens with one attached hydrogen (secondary N) is 1. The Hall–Kier alpha value is -3.21. The molecule has 1 aromatic heterocycles. The van der Waals surface area contributed by atoms with Crippen molar-refractivity contribution in [2.45, 2.75) is 31.8 Å². The summed E-state index contributed by atoms with van der Waals surface area (Å²) < 4.78 is 43.3. The van der Waals surface area contributed by atoms with Gasteiger partial charge in [-0.15, -0.1) is 0 Å². The van der Waals surface area contributed by atoms with E-state index in [1.54, 1.807) is 24.3 Å². The van der Waals surface area contributed by atoms with Crippen LogP contribution in [-0.4, -0.2) is 50.1 Å². The van der Waals surface area contributed by atoms with Crippen LogP contribution in [0.4, 0.5) is 5.69 Å². The molecule has 1 fully saturated rings. The number of aryl methyl sites for hydroxylation is 2. The minimum absolute atomic E-state index is 0.143. The zero-order valence-corrected chi connectivity index (χ0v) is 19.9. The van der Waals surface area contributed by atoms with E-state index in [9.17, 15) is 13.2 Å². The zero-order valence-electron chi connectivity index (χ0n) is 19.1. The normalized spacial score (nSPS) is 14.6. The highest BCUT2D eigenvalue weighted by Gasteiger charge is 2.26. The number of anilines is 1. The molecule has 3 aromatic rings. The first-order chi connectivity index (χ1) is 16.3. The van der Waals surface area contributed by atoms with Gasteiger partial charge in [-0.3, -0.25) is 4.79 Å². The first kappa shape index (κ1) is 23.9. The van der Waals surface area contributed by atoms with Crippen molar-refractivity contribution in [2.24, 2.45) is 0 Å². The number of aromatic nitrogens is 1. The molecule has 10 heteroatoms. The highest BCUT2D eigenvalue weighted by Crippen LogP contribution is 2.21. The number of nitrogens with zero attached hydrogens (tertiary/aromatic N) is 2. The lowest BCUT2D eigenvalue weighted by Crippen LogP contribution is -2.40. The van der Waals surface area contributed by atoms with E-state index >= 15 is 0 Å². The predicted molar refractivity (Wildman–Crippen MR) is 125 cm³/mol. The molecule has 0 atom stereocenters. The molecule has 0 bridgehead atoms. The van der Waals surface area contributed by atoms with Crippen LogP contribution in [0.5, 0.6) is 5.75 Å². The second-order valence-electron chi connectivity index (χ2n) is 8.00. The molecule has 0 radical (unpaired) electrons. The Kier molecular flexibility index (Phi) is 7.30. The van der Waals surface area contributed by atoms with Crippen molar-refractivity contribution in [3.05, 3.63) is 71.1 Å². The zero-order chi connectivity index (χ0) is 24.1. The molecular weight excluding hydrogens is 458 g/mol. The van der Waals surface area contributed by atoms with Crippen LogP contribution >= 0.6 is 0 Å². The largest absolute Gasteiger partial charge is 0.489 e. The number of amides is 1. The van der Waals surface area contributed by atoms with Crippen LogP contribution in [0.15, 0.2) is 57.9 Å². The lowest BCUT2D eigenvalue weighted by atomic mass is 10.1. The molecule has 1 aliphatic rings. The fourth-order valence-corrected chi connectivity index (χ4v) is 5.08. The van der Waals surface area contributed by atoms with Gasteiger partial charge in [0.1, 0.15) is 18.1 Å². The van der Waals surface area contributed by atoms with Crippen LogP contribution < -0.4 is 10.1 Å². The van der Waals surface area contributed by atoms with Crippen LogP contribution in [0.25, 0.3) is 0 Å². The SMILES string of the molecule is Cc1noc(C)c1COc1ccc(CC(=O)Nc2cccc(S(=O)(=O)N3CCOCC3)c2)cc1. The number of ether oxygens (including phenoxy) is 2. The highest BCUT2D eigenvalue weighted by atomic mass is 32.2. The monoisotopic (exact) mass is 485 g/mol. The quantitative estimate of drug-likeness (QED) is 0.522. The van der Waals surface area contributed by atoms with Crippen LogP contribution in [0.3, 0.4) is 0 Å². The van der Waals surface area contributed by atoms with Crippen LogP contribution in [0, 0.1) is 13.8 Å². The van der Waals surface area contributed by atoms with Gasteiger partial charge in [-0.1, -0.05) is 23.4 Å². The molecule has 2 heterocycles. The Morgan fingerprint density at radius 2 is 1.85 bits per heavy atom. The average molecular weight is 486 g/mol. The summed E-state index contributed by atoms with van der Waals surface area (Å²) in [5, 5.41) is 6.69. The molecule has 1 N–H and O–H groups in total. The molecular formula is C24H27N3O6S. The highest BCUT2D eigenvalue weighted by molar-refractivity contribution is 7.89. The molecule has 0 spiro atoms. The standard InChI is InChI=1S/C24H27N3O6S/c1-17-23(18(2)33-26-17)16-32-21-8-6-19(7-9-21)14-24(28)25-20-4-3-5-22(15-20)34(29,30)27-10-12-31-13-11-27/h3-9,15H,10-14,16H2,1-2H3,(H,25,28). The fraction of sp³-hybridized carbons (Fsp3) is 0.333. The van der Waals surface area contributed by atoms with Gasteiger partial charge in [-0.2, -0.15) is 4.31 Å². The van der Waals surface area contributed by atoms with Crippen LogP contribution in [0.1, 0.15) is 22.6 Å². The van der Waals surface area contributed by atoms with Gasteiger partial charge < -0.3 is 19.3 Å². The number of carbonyl (C=O) groups excluding carboxylic acids is 1. The van der Waals surface area contributed by atoms with Gasteiger partial charge >= 0.3 is 0 Å². The fourth-order valence-electron chi connectivity index (χ4n) is 3.63. The lowest BCUT2D eigenvalue weighted by Gasteiger charge is -2.26. The predicted octanol–water partition coefficient (Wildman–Crippen LogP) is 3.07. The van der Waals surface area contributed by atoms with Crippen molar-refractivity contribution in [1.82, 2.24) is 9.46 Å². The first-order valence-corrected chi connectivity index (χ1v) is 12.4. The number of hydrogen-bond acceptors (Lipinski definition) is 7. The third kappa shape index (κ3) is 5.64. The summed E-state index contributed by atoms with van der Waals surface area (Å²) in [7, 11) is -3.63. The second-order valence-corrected chi connectivity index (χ2v) is 9.94. The maximum Gasteiger partial charge on any atom is 0.243 e. The van der Waals surface area contributed by atoms with Crippen molar-refractivity contribution in [1.29, 1.82) is 0 Å². The summed E-state index contributed by atoms with van der Waals surface area (Å²) in [5.74, 6) is 1.16. The number of benzene rings is 2. The summed E-state index contributed by atoms with van der Waals surface area (Å²) in [6.45, 7) is 5.44. The van der Waals surface area contributed by atoms with Crippen LogP contribution in [-0.2, 0) is 32.6 Å². The van der Waals surface area contributed by atoms with E-state index in [2.05, 4.69) is 10.5 Å². The number of morpholine rings is 1. The van der Waals surface area contributed by atoms with E-state index in [-0.39, 0.29) is 17.2 Å². The van der Waals surface area contributed by atoms with E-state index in [1.807, 2.05) is 26.0 Å². The molecule has 1 saturated heterocycles. The van der Waals surface area contributed by atoms with E-state index in [4.69, 9.17) is 14.0 Å². The maximum absolute atomic E-state index is 12.9. The van der Waals surface area contributed by atoms with Crippen molar-refractivity contribution >= 4 is 21.6 Å². The van der Waals surface area contributed by atoms with Gasteiger partial charge in [0.15, 0.2) is 0 Å². The Balaban J connectivity index is 1.34. The van der Waals surface area contributed by atoms with Crippen molar-refractivity contribution in [3.8, 4) is 5.75 Å². The number of sulfonamides is 1. The molecule has 2 aromatic carbocycles. The Morgan fingerprint density at radius 1 is 1.12 bits per heavy atom. The second kappa shape index (κ2) is 10.4. The molecule has 0 aliphatic carbocycles. The Labute approximate surface area is 198 Å². The number of carbonyl (C=O) groups is 1. The molecule has 1 aliphatic heterocycles. The molecule has 34 heavy (non-hydrogen) atoms. The van der Waals surface area contributed by atoms with Gasteiger partial charge in [-0.25, -0.2) is 8.42 Å². The minimum atomic E-state index is -3.63. The lowest BCUT2D eigenvalue weighted by molar-refractivity contribution is -0.115. The summed E-state index contributed by atoms with van der Waals surface area (Å²) in [6, 6.07) is 13.5. The number of rotatable bonds is 8. The number of hydrogen-bond donors (Lipinski definition) is 1. The molecule has 0 unspecified atom stereocenters. The third-order valence-corrected chi connectivity index (χ3v) is 7.47. The summed E-state index contributed by atoms with van der Waals surface area (Å²) in [4.78, 5) is 12.7. The van der Waals surface area contributed by atoms with Crippen LogP contribution in [0.2, 0.25) is 0 Å². The summed E-state index contributed by atoms with van der Waals surface area (Å²) in [5.41, 5.74) is 2.95. The third-order valence-electron chi connectivity index (χ3n) is 5.58. The van der Waals surface area contributed by atoms with Gasteiger partial charge in [-0.05, 0) is 49.7 Å². The van der Waals surface area contributed by atoms with Crippen molar-refractivity contribution in [2.75, 3.05) is 31.6 Å².